The molecule has 0 bridgehead atoms. The Bertz CT molecular complexity index is 1180. The number of rotatable bonds is 5. The molecule has 7 heteroatoms. The van der Waals surface area contributed by atoms with Crippen LogP contribution < -0.4 is 15.0 Å². The van der Waals surface area contributed by atoms with Gasteiger partial charge in [0.15, 0.2) is 0 Å². The molecule has 0 atom stereocenters. The first kappa shape index (κ1) is 19.7. The Kier molecular flexibility index (Phi) is 5.25. The molecule has 3 aromatic carbocycles. The van der Waals surface area contributed by atoms with E-state index >= 15 is 0 Å². The number of nitrogens with one attached hydrogen (secondary N) is 1. The third-order valence-electron chi connectivity index (χ3n) is 4.64. The van der Waals surface area contributed by atoms with Gasteiger partial charge in [-0.25, -0.2) is 9.29 Å². The zero-order valence-corrected chi connectivity index (χ0v) is 16.6. The summed E-state index contributed by atoms with van der Waals surface area (Å²) in [6, 6.07) is 18.9. The fraction of sp³-hybridized carbons (Fsp3) is 0.0435. The van der Waals surface area contributed by atoms with E-state index in [-0.39, 0.29) is 11.3 Å². The molecule has 1 aliphatic rings. The number of ether oxygens (including phenoxy) is 1. The number of halogens is 2. The highest BCUT2D eigenvalue weighted by Crippen LogP contribution is 2.37. The second-order valence-electron chi connectivity index (χ2n) is 6.51. The summed E-state index contributed by atoms with van der Waals surface area (Å²) in [6.07, 6.45) is 0. The van der Waals surface area contributed by atoms with Crippen molar-refractivity contribution in [1.82, 2.24) is 0 Å². The number of benzene rings is 3. The van der Waals surface area contributed by atoms with Gasteiger partial charge in [-0.3, -0.25) is 9.59 Å². The summed E-state index contributed by atoms with van der Waals surface area (Å²) in [5.41, 5.74) is 1.34. The Morgan fingerprint density at radius 1 is 0.933 bits per heavy atom. The highest BCUT2D eigenvalue weighted by molar-refractivity contribution is 6.46. The Morgan fingerprint density at radius 3 is 2.37 bits per heavy atom. The molecule has 4 rings (SSSR count). The Labute approximate surface area is 177 Å². The highest BCUT2D eigenvalue weighted by Gasteiger charge is 2.41. The lowest BCUT2D eigenvalue weighted by Gasteiger charge is -2.15. The van der Waals surface area contributed by atoms with E-state index in [1.807, 2.05) is 0 Å². The molecule has 5 nitrogen and oxygen atoms in total. The maximum Gasteiger partial charge on any atom is 0.282 e. The predicted molar refractivity (Wildman–Crippen MR) is 114 cm³/mol. The fourth-order valence-corrected chi connectivity index (χ4v) is 3.41. The Hall–Kier alpha value is -3.64. The summed E-state index contributed by atoms with van der Waals surface area (Å²) in [5.74, 6) is -1.12. The normalized spacial score (nSPS) is 13.8. The third kappa shape index (κ3) is 3.53. The molecule has 3 aromatic rings. The van der Waals surface area contributed by atoms with Crippen molar-refractivity contribution < 1.29 is 18.7 Å². The molecule has 1 aliphatic heterocycles. The largest absolute Gasteiger partial charge is 0.496 e. The zero-order valence-electron chi connectivity index (χ0n) is 15.9. The lowest BCUT2D eigenvalue weighted by molar-refractivity contribution is -0.120. The van der Waals surface area contributed by atoms with Gasteiger partial charge in [-0.15, -0.1) is 0 Å². The first-order valence-electron chi connectivity index (χ1n) is 9.04. The summed E-state index contributed by atoms with van der Waals surface area (Å²) in [7, 11) is 1.48. The van der Waals surface area contributed by atoms with Gasteiger partial charge in [0, 0.05) is 16.3 Å². The first-order valence-corrected chi connectivity index (χ1v) is 9.42. The minimum absolute atomic E-state index is 0.0325. The van der Waals surface area contributed by atoms with Crippen molar-refractivity contribution in [2.75, 3.05) is 17.3 Å². The molecular formula is C23H16ClFN2O3. The predicted octanol–water partition coefficient (Wildman–Crippen LogP) is 4.88. The standard InChI is InChI=1S/C23H16ClFN2O3/c1-30-19-8-3-2-7-18(19)20-21(26-16-6-4-5-15(25)13-16)23(29)27(22(20)28)17-11-9-14(24)10-12-17/h2-13,26H,1H3. The van der Waals surface area contributed by atoms with Crippen LogP contribution in [0.1, 0.15) is 5.56 Å². The molecular weight excluding hydrogens is 407 g/mol. The van der Waals surface area contributed by atoms with Crippen molar-refractivity contribution in [3.63, 3.8) is 0 Å². The highest BCUT2D eigenvalue weighted by atomic mass is 35.5. The van der Waals surface area contributed by atoms with Crippen molar-refractivity contribution >= 4 is 40.4 Å². The average Bonchev–Trinajstić information content (AvgIpc) is 2.98. The number of hydrogen-bond donors (Lipinski definition) is 1. The number of para-hydroxylation sites is 1. The molecule has 30 heavy (non-hydrogen) atoms. The SMILES string of the molecule is COc1ccccc1C1=C(Nc2cccc(F)c2)C(=O)N(c2ccc(Cl)cc2)C1=O. The van der Waals surface area contributed by atoms with Crippen molar-refractivity contribution in [2.24, 2.45) is 0 Å². The molecule has 0 saturated heterocycles. The second-order valence-corrected chi connectivity index (χ2v) is 6.94. The van der Waals surface area contributed by atoms with Crippen molar-refractivity contribution in [3.05, 3.63) is 94.9 Å². The molecule has 0 saturated carbocycles. The van der Waals surface area contributed by atoms with Gasteiger partial charge < -0.3 is 10.1 Å². The van der Waals surface area contributed by atoms with Crippen LogP contribution in [0, 0.1) is 5.82 Å². The number of nitrogens with zero attached hydrogens (tertiary/aromatic N) is 1. The van der Waals surface area contributed by atoms with Crippen molar-refractivity contribution in [3.8, 4) is 5.75 Å². The molecule has 0 aromatic heterocycles. The van der Waals surface area contributed by atoms with Gasteiger partial charge in [0.05, 0.1) is 18.4 Å². The minimum Gasteiger partial charge on any atom is -0.496 e. The molecule has 1 N–H and O–H groups in total. The average molecular weight is 423 g/mol. The molecule has 0 unspecified atom stereocenters. The minimum atomic E-state index is -0.563. The van der Waals surface area contributed by atoms with E-state index in [1.165, 1.54) is 25.3 Å². The van der Waals surface area contributed by atoms with Gasteiger partial charge in [-0.1, -0.05) is 35.9 Å². The van der Waals surface area contributed by atoms with Crippen LogP contribution in [-0.2, 0) is 9.59 Å². The molecule has 0 spiro atoms. The van der Waals surface area contributed by atoms with Crippen LogP contribution in [-0.4, -0.2) is 18.9 Å². The molecule has 2 amide bonds. The number of anilines is 2. The van der Waals surface area contributed by atoms with E-state index in [4.69, 9.17) is 16.3 Å². The summed E-state index contributed by atoms with van der Waals surface area (Å²) in [5, 5.41) is 3.40. The third-order valence-corrected chi connectivity index (χ3v) is 4.89. The first-order chi connectivity index (χ1) is 14.5. The summed E-state index contributed by atoms with van der Waals surface area (Å²) in [4.78, 5) is 27.7. The van der Waals surface area contributed by atoms with Gasteiger partial charge in [0.1, 0.15) is 17.3 Å². The smallest absolute Gasteiger partial charge is 0.282 e. The molecule has 150 valence electrons. The zero-order chi connectivity index (χ0) is 21.3. The van der Waals surface area contributed by atoms with Crippen LogP contribution in [0.5, 0.6) is 5.75 Å². The summed E-state index contributed by atoms with van der Waals surface area (Å²) >= 11 is 5.94. The molecule has 0 aliphatic carbocycles. The van der Waals surface area contributed by atoms with E-state index in [9.17, 15) is 14.0 Å². The monoisotopic (exact) mass is 422 g/mol. The second kappa shape index (κ2) is 8.00. The lowest BCUT2D eigenvalue weighted by Crippen LogP contribution is -2.32. The number of carbonyl (C=O) groups excluding carboxylic acids is 2. The summed E-state index contributed by atoms with van der Waals surface area (Å²) in [6.45, 7) is 0. The maximum atomic E-state index is 13.7. The van der Waals surface area contributed by atoms with Gasteiger partial charge in [0.2, 0.25) is 0 Å². The quantitative estimate of drug-likeness (QED) is 0.595. The van der Waals surface area contributed by atoms with Crippen LogP contribution in [0.25, 0.3) is 5.57 Å². The van der Waals surface area contributed by atoms with Gasteiger partial charge in [-0.2, -0.15) is 0 Å². The van der Waals surface area contributed by atoms with Crippen molar-refractivity contribution in [2.45, 2.75) is 0 Å². The van der Waals surface area contributed by atoms with E-state index in [2.05, 4.69) is 5.32 Å². The van der Waals surface area contributed by atoms with Crippen LogP contribution >= 0.6 is 11.6 Å². The molecule has 0 radical (unpaired) electrons. The number of methoxy groups -OCH3 is 1. The lowest BCUT2D eigenvalue weighted by atomic mass is 10.0. The summed E-state index contributed by atoms with van der Waals surface area (Å²) < 4.78 is 19.1. The van der Waals surface area contributed by atoms with E-state index in [1.54, 1.807) is 54.6 Å². The van der Waals surface area contributed by atoms with Crippen LogP contribution in [0.15, 0.2) is 78.5 Å². The van der Waals surface area contributed by atoms with E-state index < -0.39 is 17.6 Å². The Balaban J connectivity index is 1.86. The van der Waals surface area contributed by atoms with E-state index in [0.29, 0.717) is 27.7 Å². The number of imide groups is 1. The van der Waals surface area contributed by atoms with Gasteiger partial charge in [0.25, 0.3) is 11.8 Å². The van der Waals surface area contributed by atoms with Gasteiger partial charge in [-0.05, 0) is 48.5 Å². The number of hydrogen-bond acceptors (Lipinski definition) is 4. The number of carbonyl (C=O) groups is 2. The molecule has 0 fully saturated rings. The van der Waals surface area contributed by atoms with E-state index in [0.717, 1.165) is 4.90 Å². The Morgan fingerprint density at radius 2 is 1.67 bits per heavy atom. The van der Waals surface area contributed by atoms with Crippen LogP contribution in [0.4, 0.5) is 15.8 Å². The van der Waals surface area contributed by atoms with Crippen LogP contribution in [0.2, 0.25) is 5.02 Å². The van der Waals surface area contributed by atoms with Gasteiger partial charge >= 0.3 is 0 Å². The fourth-order valence-electron chi connectivity index (χ4n) is 3.28. The van der Waals surface area contributed by atoms with Crippen molar-refractivity contribution in [1.29, 1.82) is 0 Å². The number of amides is 2. The maximum absolute atomic E-state index is 13.7. The topological polar surface area (TPSA) is 58.6 Å². The van der Waals surface area contributed by atoms with Crippen LogP contribution in [0.3, 0.4) is 0 Å². The molecule has 1 heterocycles.